The van der Waals surface area contributed by atoms with Crippen LogP contribution in [0.5, 0.6) is 0 Å². The summed E-state index contributed by atoms with van der Waals surface area (Å²) in [5, 5.41) is 10.5. The van der Waals surface area contributed by atoms with Crippen LogP contribution in [-0.4, -0.2) is 31.8 Å². The number of nitrogens with zero attached hydrogens (tertiary/aromatic N) is 4. The molecular weight excluding hydrogens is 822 g/mol. The third-order valence-corrected chi connectivity index (χ3v) is 15.9. The summed E-state index contributed by atoms with van der Waals surface area (Å²) < 4.78 is 10.6. The zero-order valence-corrected chi connectivity index (χ0v) is 39.3. The topological polar surface area (TPSA) is 19.7 Å². The van der Waals surface area contributed by atoms with Crippen LogP contribution < -0.4 is 21.9 Å². The standard InChI is InChI=1S/C62H48B2N4/c1-61(2,3)43-31-33-45-59-57(43)41-23-11-13-25-49(41)65(59)55-36-56-48(35-47(55)63(45)67-51-27-15-7-19-37(51)38-20-8-16-28-52(38)67)64(68-53-29-17-9-21-39(53)40-22-10-18-30-54(40)68)46-34-32-44(62(4,5)6)58-42-24-12-14-26-50(42)66(56)60(46)58/h7-36H,1-6H3. The Balaban J connectivity index is 1.18. The molecule has 68 heavy (non-hydrogen) atoms. The first-order valence-electron chi connectivity index (χ1n) is 24.3. The molecule has 0 saturated heterocycles. The van der Waals surface area contributed by atoms with Gasteiger partial charge in [0, 0.05) is 76.5 Å². The van der Waals surface area contributed by atoms with Crippen LogP contribution >= 0.6 is 0 Å². The lowest BCUT2D eigenvalue weighted by Crippen LogP contribution is -2.58. The monoisotopic (exact) mass is 870 g/mol. The molecule has 9 aromatic carbocycles. The van der Waals surface area contributed by atoms with E-state index in [1.165, 1.54) is 132 Å². The van der Waals surface area contributed by atoms with E-state index < -0.39 is 0 Å². The Hall–Kier alpha value is -7.69. The number of benzene rings is 9. The number of aromatic nitrogens is 4. The van der Waals surface area contributed by atoms with Gasteiger partial charge in [-0.3, -0.25) is 0 Å². The minimum atomic E-state index is -0.127. The fourth-order valence-electron chi connectivity index (χ4n) is 13.2. The van der Waals surface area contributed by atoms with E-state index in [0.717, 1.165) is 0 Å². The molecular formula is C62H48B2N4. The van der Waals surface area contributed by atoms with Crippen molar-refractivity contribution in [3.63, 3.8) is 0 Å². The van der Waals surface area contributed by atoms with Crippen molar-refractivity contribution in [2.75, 3.05) is 0 Å². The molecule has 6 heteroatoms. The fraction of sp³-hybridized carbons (Fsp3) is 0.129. The molecule has 0 N–H and O–H groups in total. The van der Waals surface area contributed by atoms with E-state index in [9.17, 15) is 0 Å². The first-order valence-corrected chi connectivity index (χ1v) is 24.3. The molecule has 0 spiro atoms. The van der Waals surface area contributed by atoms with Gasteiger partial charge < -0.3 is 18.1 Å². The number of para-hydroxylation sites is 6. The first-order chi connectivity index (χ1) is 33.1. The summed E-state index contributed by atoms with van der Waals surface area (Å²) in [7, 11) is 0. The summed E-state index contributed by atoms with van der Waals surface area (Å²) in [6.07, 6.45) is 0. The second-order valence-corrected chi connectivity index (χ2v) is 21.6. The molecule has 0 amide bonds. The second kappa shape index (κ2) is 13.0. The smallest absolute Gasteiger partial charge is 0.332 e. The highest BCUT2D eigenvalue weighted by molar-refractivity contribution is 6.91. The summed E-state index contributed by atoms with van der Waals surface area (Å²) >= 11 is 0. The van der Waals surface area contributed by atoms with Gasteiger partial charge in [-0.2, -0.15) is 0 Å². The molecule has 0 bridgehead atoms. The Morgan fingerprint density at radius 3 is 0.956 bits per heavy atom. The summed E-state index contributed by atoms with van der Waals surface area (Å²) in [5.41, 5.74) is 20.5. The molecule has 0 fully saturated rings. The number of fused-ring (bicyclic) bond motifs is 16. The molecule has 0 saturated carbocycles. The maximum atomic E-state index is 2.67. The third kappa shape index (κ3) is 4.77. The van der Waals surface area contributed by atoms with Gasteiger partial charge in [0.15, 0.2) is 0 Å². The van der Waals surface area contributed by atoms with Crippen LogP contribution in [-0.2, 0) is 10.8 Å². The molecule has 0 unspecified atom stereocenters. The lowest BCUT2D eigenvalue weighted by molar-refractivity contribution is 0.596. The first kappa shape index (κ1) is 38.4. The van der Waals surface area contributed by atoms with Gasteiger partial charge in [0.05, 0.1) is 22.1 Å². The van der Waals surface area contributed by atoms with Gasteiger partial charge in [-0.25, -0.2) is 0 Å². The highest BCUT2D eigenvalue weighted by atomic mass is 15.1. The molecule has 4 nitrogen and oxygen atoms in total. The van der Waals surface area contributed by atoms with Crippen molar-refractivity contribution in [1.29, 1.82) is 0 Å². The van der Waals surface area contributed by atoms with Crippen LogP contribution in [0, 0.1) is 0 Å². The molecule has 0 atom stereocenters. The molecule has 4 aromatic heterocycles. The van der Waals surface area contributed by atoms with E-state index in [4.69, 9.17) is 0 Å². The van der Waals surface area contributed by atoms with Crippen molar-refractivity contribution in [3.05, 3.63) is 193 Å². The van der Waals surface area contributed by atoms with Crippen molar-refractivity contribution in [2.24, 2.45) is 0 Å². The molecule has 0 aliphatic carbocycles. The zero-order valence-electron chi connectivity index (χ0n) is 39.3. The van der Waals surface area contributed by atoms with Gasteiger partial charge in [-0.1, -0.05) is 181 Å². The van der Waals surface area contributed by atoms with Gasteiger partial charge in [-0.05, 0) is 86.3 Å². The molecule has 2 aliphatic rings. The average molecular weight is 871 g/mol. The molecule has 13 aromatic rings. The van der Waals surface area contributed by atoms with Crippen LogP contribution in [0.15, 0.2) is 182 Å². The number of rotatable bonds is 2. The molecule has 322 valence electrons. The summed E-state index contributed by atoms with van der Waals surface area (Å²) in [5.74, 6) is 0. The van der Waals surface area contributed by atoms with Gasteiger partial charge >= 0.3 is 13.7 Å². The summed E-state index contributed by atoms with van der Waals surface area (Å²) in [6, 6.07) is 69.7. The lowest BCUT2D eigenvalue weighted by Gasteiger charge is -2.34. The number of hydrogen-bond donors (Lipinski definition) is 0. The van der Waals surface area contributed by atoms with Crippen molar-refractivity contribution in [3.8, 4) is 11.4 Å². The van der Waals surface area contributed by atoms with Crippen LogP contribution in [0.4, 0.5) is 0 Å². The average Bonchev–Trinajstić information content (AvgIpc) is 4.08. The van der Waals surface area contributed by atoms with Crippen LogP contribution in [0.1, 0.15) is 52.7 Å². The predicted octanol–water partition coefficient (Wildman–Crippen LogP) is 12.6. The Labute approximate surface area is 395 Å². The van der Waals surface area contributed by atoms with Crippen LogP contribution in [0.25, 0.3) is 98.6 Å². The largest absolute Gasteiger partial charge is 0.376 e. The molecule has 2 aliphatic heterocycles. The van der Waals surface area contributed by atoms with Crippen molar-refractivity contribution < 1.29 is 0 Å². The Morgan fingerprint density at radius 2 is 0.618 bits per heavy atom. The van der Waals surface area contributed by atoms with E-state index in [-0.39, 0.29) is 24.5 Å². The normalized spacial score (nSPS) is 13.7. The zero-order chi connectivity index (χ0) is 45.5. The summed E-state index contributed by atoms with van der Waals surface area (Å²) in [4.78, 5) is 0. The van der Waals surface area contributed by atoms with Gasteiger partial charge in [0.25, 0.3) is 0 Å². The van der Waals surface area contributed by atoms with E-state index in [0.29, 0.717) is 0 Å². The summed E-state index contributed by atoms with van der Waals surface area (Å²) in [6.45, 7) is 14.0. The van der Waals surface area contributed by atoms with E-state index in [2.05, 4.69) is 242 Å². The van der Waals surface area contributed by atoms with Crippen LogP contribution in [0.3, 0.4) is 0 Å². The van der Waals surface area contributed by atoms with E-state index in [1.807, 2.05) is 0 Å². The van der Waals surface area contributed by atoms with Gasteiger partial charge in [-0.15, -0.1) is 0 Å². The minimum Gasteiger partial charge on any atom is -0.376 e. The van der Waals surface area contributed by atoms with Gasteiger partial charge in [0.1, 0.15) is 0 Å². The highest BCUT2D eigenvalue weighted by Gasteiger charge is 2.43. The Kier molecular flexibility index (Phi) is 7.37. The second-order valence-electron chi connectivity index (χ2n) is 21.6. The van der Waals surface area contributed by atoms with Crippen molar-refractivity contribution >= 4 is 123 Å². The number of hydrogen-bond acceptors (Lipinski definition) is 0. The Morgan fingerprint density at radius 1 is 0.309 bits per heavy atom. The Bertz CT molecular complexity index is 3990. The maximum Gasteiger partial charge on any atom is 0.332 e. The molecule has 15 rings (SSSR count). The fourth-order valence-corrected chi connectivity index (χ4v) is 13.2. The SMILES string of the molecule is CC(C)(C)c1ccc2c3c1c1ccccc1n3-c1cc3c(cc1B2n1c2ccccc2c2ccccc21)B(n1c2ccccc2c2ccccc21)c1ccc(C(C)(C)C)c2c4ccccc4n-3c12. The van der Waals surface area contributed by atoms with E-state index in [1.54, 1.807) is 0 Å². The van der Waals surface area contributed by atoms with Crippen molar-refractivity contribution in [1.82, 2.24) is 18.1 Å². The third-order valence-electron chi connectivity index (χ3n) is 15.9. The highest BCUT2D eigenvalue weighted by Crippen LogP contribution is 2.44. The minimum absolute atomic E-state index is 0.0778. The quantitative estimate of drug-likeness (QED) is 0.154. The van der Waals surface area contributed by atoms with Gasteiger partial charge in [0.2, 0.25) is 0 Å². The van der Waals surface area contributed by atoms with E-state index >= 15 is 0 Å². The molecule has 6 heterocycles. The predicted molar refractivity (Wildman–Crippen MR) is 292 cm³/mol. The molecule has 0 radical (unpaired) electrons. The maximum absolute atomic E-state index is 2.67. The van der Waals surface area contributed by atoms with Crippen LogP contribution in [0.2, 0.25) is 0 Å². The lowest BCUT2D eigenvalue weighted by atomic mass is 9.43. The van der Waals surface area contributed by atoms with Crippen molar-refractivity contribution in [2.45, 2.75) is 52.4 Å².